The molecule has 65 heavy (non-hydrogen) atoms. The minimum atomic E-state index is -0.977. The van der Waals surface area contributed by atoms with Gasteiger partial charge in [0.2, 0.25) is 11.9 Å². The Labute approximate surface area is 384 Å². The van der Waals surface area contributed by atoms with Crippen LogP contribution in [0.1, 0.15) is 43.0 Å². The van der Waals surface area contributed by atoms with Crippen molar-refractivity contribution in [2.24, 2.45) is 0 Å². The molecule has 2 aliphatic rings. The van der Waals surface area contributed by atoms with Crippen LogP contribution >= 0.6 is 23.2 Å². The number of carboxylic acids is 1. The summed E-state index contributed by atoms with van der Waals surface area (Å²) in [5, 5.41) is 12.6. The molecule has 0 amide bonds. The molecule has 10 rings (SSSR count). The fourth-order valence-corrected chi connectivity index (χ4v) is 8.47. The first kappa shape index (κ1) is 43.4. The van der Waals surface area contributed by atoms with Gasteiger partial charge in [-0.3, -0.25) is 0 Å². The molecule has 0 spiro atoms. The molecule has 330 valence electrons. The highest BCUT2D eigenvalue weighted by atomic mass is 35.5. The zero-order chi connectivity index (χ0) is 44.9. The summed E-state index contributed by atoms with van der Waals surface area (Å²) < 4.78 is 19.9. The zero-order valence-electron chi connectivity index (χ0n) is 35.4. The topological polar surface area (TPSA) is 150 Å². The number of ether oxygens (including phenoxy) is 3. The number of hydrogen-bond acceptors (Lipinski definition) is 11. The van der Waals surface area contributed by atoms with Crippen molar-refractivity contribution in [2.45, 2.75) is 12.8 Å². The third kappa shape index (κ3) is 9.81. The van der Waals surface area contributed by atoms with Gasteiger partial charge in [-0.2, -0.15) is 9.97 Å². The number of hydrogen-bond donors (Lipinski definition) is 1. The second kappa shape index (κ2) is 19.5. The Kier molecular flexibility index (Phi) is 13.0. The van der Waals surface area contributed by atoms with Crippen LogP contribution in [0.5, 0.6) is 0 Å². The monoisotopic (exact) mass is 910 g/mol. The van der Waals surface area contributed by atoms with Crippen molar-refractivity contribution in [3.05, 3.63) is 165 Å². The Morgan fingerprint density at radius 2 is 1.08 bits per heavy atom. The number of fused-ring (bicyclic) bond motifs is 2. The third-order valence-electron chi connectivity index (χ3n) is 11.4. The quantitative estimate of drug-likeness (QED) is 0.131. The van der Waals surface area contributed by atoms with E-state index in [4.69, 9.17) is 47.4 Å². The van der Waals surface area contributed by atoms with Gasteiger partial charge in [0.15, 0.2) is 0 Å². The Morgan fingerprint density at radius 3 is 1.54 bits per heavy atom. The predicted octanol–water partition coefficient (Wildman–Crippen LogP) is 8.49. The number of carboxylic acid groups (broad SMARTS) is 1. The third-order valence-corrected chi connectivity index (χ3v) is 11.9. The number of rotatable bonds is 10. The van der Waals surface area contributed by atoms with Gasteiger partial charge in [-0.1, -0.05) is 47.5 Å². The number of esters is 1. The average Bonchev–Trinajstić information content (AvgIpc) is 3.97. The van der Waals surface area contributed by atoms with E-state index in [2.05, 4.69) is 54.7 Å². The molecule has 0 aliphatic carbocycles. The normalized spacial score (nSPS) is 14.0. The van der Waals surface area contributed by atoms with Gasteiger partial charge < -0.3 is 38.3 Å². The molecule has 0 radical (unpaired) electrons. The molecular weight excluding hydrogens is 867 g/mol. The van der Waals surface area contributed by atoms with E-state index >= 15 is 0 Å². The molecule has 0 saturated carbocycles. The summed E-state index contributed by atoms with van der Waals surface area (Å²) in [6.45, 7) is 5.88. The first-order valence-corrected chi connectivity index (χ1v) is 21.9. The first-order valence-electron chi connectivity index (χ1n) is 21.1. The van der Waals surface area contributed by atoms with Crippen molar-refractivity contribution in [3.8, 4) is 11.6 Å². The van der Waals surface area contributed by atoms with Gasteiger partial charge in [-0.05, 0) is 108 Å². The largest absolute Gasteiger partial charge is 0.478 e. The summed E-state index contributed by atoms with van der Waals surface area (Å²) in [5.74, 6) is 1.67. The van der Waals surface area contributed by atoms with Crippen LogP contribution < -0.4 is 9.80 Å². The second-order valence-electron chi connectivity index (χ2n) is 15.5. The maximum Gasteiger partial charge on any atom is 0.338 e. The Bertz CT molecular complexity index is 3020. The molecule has 4 aromatic carbocycles. The maximum absolute atomic E-state index is 12.2. The lowest BCUT2D eigenvalue weighted by Gasteiger charge is -2.26. The Hall–Kier alpha value is -6.84. The van der Waals surface area contributed by atoms with Crippen LogP contribution in [0.15, 0.2) is 122 Å². The highest BCUT2D eigenvalue weighted by Crippen LogP contribution is 2.27. The number of aromatic nitrogens is 6. The van der Waals surface area contributed by atoms with Gasteiger partial charge in [-0.25, -0.2) is 19.6 Å². The van der Waals surface area contributed by atoms with Gasteiger partial charge in [0.1, 0.15) is 11.6 Å². The number of carbonyl (C=O) groups excluding carboxylic acids is 1. The van der Waals surface area contributed by atoms with E-state index in [0.29, 0.717) is 66.8 Å². The number of morpholine rings is 2. The van der Waals surface area contributed by atoms with Crippen molar-refractivity contribution in [1.82, 2.24) is 29.1 Å². The van der Waals surface area contributed by atoms with Crippen molar-refractivity contribution in [2.75, 3.05) is 69.5 Å². The summed E-state index contributed by atoms with van der Waals surface area (Å²) in [6, 6.07) is 30.6. The zero-order valence-corrected chi connectivity index (χ0v) is 37.0. The van der Waals surface area contributed by atoms with Crippen LogP contribution in [0.3, 0.4) is 0 Å². The average molecular weight is 912 g/mol. The molecule has 0 bridgehead atoms. The molecule has 14 nitrogen and oxygen atoms in total. The summed E-state index contributed by atoms with van der Waals surface area (Å²) in [6.07, 6.45) is 8.68. The van der Waals surface area contributed by atoms with E-state index in [1.54, 1.807) is 36.7 Å². The standard InChI is InChI=1S/C25H23ClN4O3.C24H21ClN4O3/c1-32-24(31)21-16-20(26)4-3-18(21)14-17-2-5-22-19(15-17)7-9-30(22)23-6-8-27-25(28-23)29-10-12-33-13-11-29;25-19-3-2-17(20(15-19)23(30)31)13-16-1-4-21-18(14-16)6-8-29(21)22-5-7-26-24(27-22)28-9-11-32-12-10-28/h2-9,15-16H,10-14H2,1H3;1-8,14-15H,9-13H2,(H,30,31). The SMILES string of the molecule is COC(=O)c1cc(Cl)ccc1Cc1ccc2c(ccn2-c2ccnc(N3CCOCC3)n2)c1.O=C(O)c1cc(Cl)ccc1Cc1ccc2c(ccn2-c2ccnc(N3CCOCC3)n2)c1. The van der Waals surface area contributed by atoms with Crippen LogP contribution in [0, 0.1) is 0 Å². The van der Waals surface area contributed by atoms with Crippen LogP contribution in [-0.2, 0) is 27.1 Å². The number of anilines is 2. The lowest BCUT2D eigenvalue weighted by molar-refractivity contribution is 0.0598. The first-order chi connectivity index (χ1) is 31.7. The molecule has 16 heteroatoms. The molecule has 4 aromatic heterocycles. The van der Waals surface area contributed by atoms with Crippen LogP contribution in [0.2, 0.25) is 10.0 Å². The van der Waals surface area contributed by atoms with Crippen LogP contribution in [-0.4, -0.2) is 106 Å². The number of halogens is 2. The van der Waals surface area contributed by atoms with Crippen molar-refractivity contribution in [1.29, 1.82) is 0 Å². The van der Waals surface area contributed by atoms with E-state index in [-0.39, 0.29) is 11.5 Å². The van der Waals surface area contributed by atoms with Gasteiger partial charge in [0, 0.05) is 71.8 Å². The molecule has 0 atom stereocenters. The molecule has 1 N–H and O–H groups in total. The number of nitrogens with zero attached hydrogens (tertiary/aromatic N) is 8. The summed E-state index contributed by atoms with van der Waals surface area (Å²) >= 11 is 12.1. The Morgan fingerprint density at radius 1 is 0.615 bits per heavy atom. The van der Waals surface area contributed by atoms with E-state index in [1.165, 1.54) is 13.2 Å². The van der Waals surface area contributed by atoms with Gasteiger partial charge >= 0.3 is 11.9 Å². The van der Waals surface area contributed by atoms with Gasteiger partial charge in [0.05, 0.1) is 55.7 Å². The molecule has 8 aromatic rings. The van der Waals surface area contributed by atoms with Crippen LogP contribution in [0.4, 0.5) is 11.9 Å². The smallest absolute Gasteiger partial charge is 0.338 e. The molecular formula is C49H44Cl2N8O6. The van der Waals surface area contributed by atoms with Gasteiger partial charge in [0.25, 0.3) is 0 Å². The molecule has 2 aliphatic heterocycles. The summed E-state index contributed by atoms with van der Waals surface area (Å²) in [7, 11) is 1.37. The molecule has 6 heterocycles. The van der Waals surface area contributed by atoms with E-state index < -0.39 is 5.97 Å². The fraction of sp³-hybridized carbons (Fsp3) is 0.224. The summed E-state index contributed by atoms with van der Waals surface area (Å²) in [5.41, 5.74) is 6.50. The van der Waals surface area contributed by atoms with E-state index in [1.807, 2.05) is 53.4 Å². The highest BCUT2D eigenvalue weighted by molar-refractivity contribution is 6.31. The number of aromatic carboxylic acids is 1. The van der Waals surface area contributed by atoms with Crippen LogP contribution in [0.25, 0.3) is 33.4 Å². The molecule has 2 fully saturated rings. The second-order valence-corrected chi connectivity index (χ2v) is 16.4. The molecule has 0 unspecified atom stereocenters. The summed E-state index contributed by atoms with van der Waals surface area (Å²) in [4.78, 5) is 46.5. The molecule has 2 saturated heterocycles. The number of methoxy groups -OCH3 is 1. The maximum atomic E-state index is 12.2. The van der Waals surface area contributed by atoms with Crippen molar-refractivity contribution >= 4 is 68.8 Å². The highest BCUT2D eigenvalue weighted by Gasteiger charge is 2.19. The minimum absolute atomic E-state index is 0.229. The predicted molar refractivity (Wildman–Crippen MR) is 251 cm³/mol. The van der Waals surface area contributed by atoms with Crippen molar-refractivity contribution < 1.29 is 28.9 Å². The number of carbonyl (C=O) groups is 2. The number of benzene rings is 4. The van der Waals surface area contributed by atoms with Gasteiger partial charge in [-0.15, -0.1) is 0 Å². The lowest BCUT2D eigenvalue weighted by Crippen LogP contribution is -2.37. The van der Waals surface area contributed by atoms with Crippen molar-refractivity contribution in [3.63, 3.8) is 0 Å². The fourth-order valence-electron chi connectivity index (χ4n) is 8.13. The minimum Gasteiger partial charge on any atom is -0.478 e. The lowest BCUT2D eigenvalue weighted by atomic mass is 9.99. The van der Waals surface area contributed by atoms with E-state index in [9.17, 15) is 14.7 Å². The Balaban J connectivity index is 0.000000164. The van der Waals surface area contributed by atoms with E-state index in [0.717, 1.165) is 81.9 Å².